The molecule has 1 nitrogen and oxygen atoms in total. The molecule has 0 aliphatic heterocycles. The molecular weight excluding hydrogens is 299 g/mol. The second kappa shape index (κ2) is 6.55. The Bertz CT molecular complexity index is 669. The highest BCUT2D eigenvalue weighted by Gasteiger charge is 2.30. The van der Waals surface area contributed by atoms with Crippen LogP contribution in [-0.2, 0) is 6.18 Å². The summed E-state index contributed by atoms with van der Waals surface area (Å²) < 4.78 is 37.5. The first kappa shape index (κ1) is 15.3. The van der Waals surface area contributed by atoms with Gasteiger partial charge in [0.25, 0.3) is 0 Å². The standard InChI is InChI=1S/C16H11ClF3N/c17-14-11-13(16(18,19)20)8-9-15(14)21-10-4-7-12-5-2-1-3-6-12/h1-3,5-6,8-9,11,21H,10H2. The number of anilines is 1. The van der Waals surface area contributed by atoms with Gasteiger partial charge in [-0.25, -0.2) is 0 Å². The summed E-state index contributed by atoms with van der Waals surface area (Å²) in [6.45, 7) is 0.292. The highest BCUT2D eigenvalue weighted by atomic mass is 35.5. The van der Waals surface area contributed by atoms with E-state index in [4.69, 9.17) is 11.6 Å². The molecule has 0 fully saturated rings. The molecule has 0 radical (unpaired) electrons. The lowest BCUT2D eigenvalue weighted by Crippen LogP contribution is -2.06. The molecule has 5 heteroatoms. The van der Waals surface area contributed by atoms with E-state index in [1.165, 1.54) is 6.07 Å². The molecule has 0 bridgehead atoms. The predicted octanol–water partition coefficient (Wildman–Crippen LogP) is 4.82. The van der Waals surface area contributed by atoms with E-state index in [-0.39, 0.29) is 5.02 Å². The first-order chi connectivity index (χ1) is 9.97. The van der Waals surface area contributed by atoms with Crippen LogP contribution < -0.4 is 5.32 Å². The molecule has 0 aliphatic carbocycles. The van der Waals surface area contributed by atoms with Crippen molar-refractivity contribution >= 4 is 17.3 Å². The van der Waals surface area contributed by atoms with Gasteiger partial charge < -0.3 is 5.32 Å². The van der Waals surface area contributed by atoms with Gasteiger partial charge in [-0.15, -0.1) is 0 Å². The summed E-state index contributed by atoms with van der Waals surface area (Å²) in [5.41, 5.74) is 0.526. The number of nitrogens with one attached hydrogen (secondary N) is 1. The van der Waals surface area contributed by atoms with Gasteiger partial charge in [0.2, 0.25) is 0 Å². The van der Waals surface area contributed by atoms with E-state index in [2.05, 4.69) is 17.2 Å². The Kier molecular flexibility index (Phi) is 4.77. The van der Waals surface area contributed by atoms with Gasteiger partial charge >= 0.3 is 6.18 Å². The molecule has 0 aliphatic rings. The molecule has 0 amide bonds. The summed E-state index contributed by atoms with van der Waals surface area (Å²) >= 11 is 5.82. The van der Waals surface area contributed by atoms with Crippen LogP contribution in [0.2, 0.25) is 5.02 Å². The van der Waals surface area contributed by atoms with Crippen LogP contribution in [0.4, 0.5) is 18.9 Å². The molecule has 21 heavy (non-hydrogen) atoms. The molecule has 0 heterocycles. The van der Waals surface area contributed by atoms with Gasteiger partial charge in [-0.1, -0.05) is 41.6 Å². The number of hydrogen-bond donors (Lipinski definition) is 1. The topological polar surface area (TPSA) is 12.0 Å². The van der Waals surface area contributed by atoms with Crippen molar-refractivity contribution in [3.05, 3.63) is 64.7 Å². The van der Waals surface area contributed by atoms with Crippen molar-refractivity contribution < 1.29 is 13.2 Å². The van der Waals surface area contributed by atoms with Crippen LogP contribution in [0.1, 0.15) is 11.1 Å². The van der Waals surface area contributed by atoms with Crippen LogP contribution in [0.15, 0.2) is 48.5 Å². The fourth-order valence-electron chi connectivity index (χ4n) is 1.64. The predicted molar refractivity (Wildman–Crippen MR) is 78.3 cm³/mol. The van der Waals surface area contributed by atoms with E-state index in [1.54, 1.807) is 0 Å². The second-order valence-corrected chi connectivity index (χ2v) is 4.62. The number of benzene rings is 2. The van der Waals surface area contributed by atoms with Gasteiger partial charge in [-0.05, 0) is 30.3 Å². The molecule has 0 saturated carbocycles. The van der Waals surface area contributed by atoms with Crippen molar-refractivity contribution in [2.24, 2.45) is 0 Å². The van der Waals surface area contributed by atoms with Gasteiger partial charge in [0.15, 0.2) is 0 Å². The van der Waals surface area contributed by atoms with E-state index < -0.39 is 11.7 Å². The van der Waals surface area contributed by atoms with Crippen LogP contribution in [0.3, 0.4) is 0 Å². The maximum Gasteiger partial charge on any atom is 0.416 e. The zero-order chi connectivity index (χ0) is 15.3. The highest BCUT2D eigenvalue weighted by molar-refractivity contribution is 6.33. The molecule has 1 N–H and O–H groups in total. The second-order valence-electron chi connectivity index (χ2n) is 4.21. The molecule has 2 rings (SSSR count). The minimum atomic E-state index is -4.39. The average Bonchev–Trinajstić information content (AvgIpc) is 2.45. The van der Waals surface area contributed by atoms with Crippen LogP contribution in [0, 0.1) is 11.8 Å². The van der Waals surface area contributed by atoms with Crippen molar-refractivity contribution in [2.45, 2.75) is 6.18 Å². The lowest BCUT2D eigenvalue weighted by molar-refractivity contribution is -0.137. The van der Waals surface area contributed by atoms with Crippen molar-refractivity contribution in [3.63, 3.8) is 0 Å². The third-order valence-corrected chi connectivity index (χ3v) is 2.98. The summed E-state index contributed by atoms with van der Waals surface area (Å²) in [6.07, 6.45) is -4.39. The minimum absolute atomic E-state index is 0.0198. The van der Waals surface area contributed by atoms with Gasteiger partial charge in [0, 0.05) is 5.56 Å². The number of rotatable bonds is 2. The molecular formula is C16H11ClF3N. The number of hydrogen-bond acceptors (Lipinski definition) is 1. The Balaban J connectivity index is 2.00. The first-order valence-electron chi connectivity index (χ1n) is 6.11. The molecule has 108 valence electrons. The zero-order valence-electron chi connectivity index (χ0n) is 10.8. The average molecular weight is 310 g/mol. The normalized spacial score (nSPS) is 10.7. The largest absolute Gasteiger partial charge is 0.416 e. The fraction of sp³-hybridized carbons (Fsp3) is 0.125. The van der Waals surface area contributed by atoms with Crippen molar-refractivity contribution in [3.8, 4) is 11.8 Å². The zero-order valence-corrected chi connectivity index (χ0v) is 11.6. The minimum Gasteiger partial charge on any atom is -0.373 e. The van der Waals surface area contributed by atoms with Crippen LogP contribution in [-0.4, -0.2) is 6.54 Å². The van der Waals surface area contributed by atoms with Gasteiger partial charge in [-0.2, -0.15) is 13.2 Å². The smallest absolute Gasteiger partial charge is 0.373 e. The number of alkyl halides is 3. The molecule has 2 aromatic carbocycles. The Morgan fingerprint density at radius 2 is 1.76 bits per heavy atom. The summed E-state index contributed by atoms with van der Waals surface area (Å²) in [6, 6.07) is 12.6. The maximum absolute atomic E-state index is 12.5. The van der Waals surface area contributed by atoms with E-state index >= 15 is 0 Å². The lowest BCUT2D eigenvalue weighted by Gasteiger charge is -2.10. The lowest BCUT2D eigenvalue weighted by atomic mass is 10.2. The molecule has 0 spiro atoms. The summed E-state index contributed by atoms with van der Waals surface area (Å²) in [5.74, 6) is 5.81. The van der Waals surface area contributed by atoms with E-state index in [0.717, 1.165) is 17.7 Å². The SMILES string of the molecule is FC(F)(F)c1ccc(NCC#Cc2ccccc2)c(Cl)c1. The monoisotopic (exact) mass is 309 g/mol. The molecule has 0 atom stereocenters. The Labute approximate surface area is 125 Å². The van der Waals surface area contributed by atoms with Gasteiger partial charge in [0.05, 0.1) is 22.8 Å². The molecule has 2 aromatic rings. The van der Waals surface area contributed by atoms with Crippen LogP contribution >= 0.6 is 11.6 Å². The van der Waals surface area contributed by atoms with Crippen LogP contribution in [0.5, 0.6) is 0 Å². The maximum atomic E-state index is 12.5. The quantitative estimate of drug-likeness (QED) is 0.784. The Morgan fingerprint density at radius 1 is 1.05 bits per heavy atom. The summed E-state index contributed by atoms with van der Waals surface area (Å²) in [4.78, 5) is 0. The summed E-state index contributed by atoms with van der Waals surface area (Å²) in [7, 11) is 0. The van der Waals surface area contributed by atoms with Gasteiger partial charge in [0.1, 0.15) is 0 Å². The van der Waals surface area contributed by atoms with Gasteiger partial charge in [-0.3, -0.25) is 0 Å². The highest BCUT2D eigenvalue weighted by Crippen LogP contribution is 2.33. The Morgan fingerprint density at radius 3 is 2.38 bits per heavy atom. The van der Waals surface area contributed by atoms with Crippen molar-refractivity contribution in [1.29, 1.82) is 0 Å². The van der Waals surface area contributed by atoms with E-state index in [0.29, 0.717) is 12.2 Å². The van der Waals surface area contributed by atoms with Crippen molar-refractivity contribution in [1.82, 2.24) is 0 Å². The fourth-order valence-corrected chi connectivity index (χ4v) is 1.89. The third kappa shape index (κ3) is 4.44. The Hall–Kier alpha value is -2.12. The van der Waals surface area contributed by atoms with E-state index in [1.807, 2.05) is 30.3 Å². The van der Waals surface area contributed by atoms with Crippen LogP contribution in [0.25, 0.3) is 0 Å². The molecule has 0 aromatic heterocycles. The van der Waals surface area contributed by atoms with E-state index in [9.17, 15) is 13.2 Å². The molecule has 0 unspecified atom stereocenters. The van der Waals surface area contributed by atoms with Crippen molar-refractivity contribution in [2.75, 3.05) is 11.9 Å². The first-order valence-corrected chi connectivity index (χ1v) is 6.49. The molecule has 0 saturated heterocycles. The third-order valence-electron chi connectivity index (χ3n) is 2.67. The summed E-state index contributed by atoms with van der Waals surface area (Å²) in [5, 5.41) is 2.91. The number of halogens is 4.